The third-order valence-corrected chi connectivity index (χ3v) is 14.6. The number of amides is 1. The Hall–Kier alpha value is -0.500. The van der Waals surface area contributed by atoms with Gasteiger partial charge < -0.3 is 19.8 Å². The van der Waals surface area contributed by atoms with Crippen LogP contribution in [0.3, 0.4) is 0 Å². The average molecular weight is 945 g/mol. The Morgan fingerprint density at radius 2 is 0.738 bits per heavy atom. The number of nitrogens with one attached hydrogen (secondary N) is 1. The molecule has 0 rings (SSSR count). The first-order valence-electron chi connectivity index (χ1n) is 28.9. The Labute approximate surface area is 406 Å². The van der Waals surface area contributed by atoms with Gasteiger partial charge in [0.15, 0.2) is 0 Å². The Morgan fingerprint density at radius 1 is 0.462 bits per heavy atom. The lowest BCUT2D eigenvalue weighted by atomic mass is 10.0. The number of unbranched alkanes of at least 4 members (excludes halogenated alkanes) is 41. The van der Waals surface area contributed by atoms with Gasteiger partial charge >= 0.3 is 7.82 Å². The van der Waals surface area contributed by atoms with Crippen LogP contribution in [0.4, 0.5) is 0 Å². The van der Waals surface area contributed by atoms with Gasteiger partial charge in [-0.25, -0.2) is 4.57 Å². The second-order valence-electron chi connectivity index (χ2n) is 21.4. The van der Waals surface area contributed by atoms with Crippen molar-refractivity contribution in [3.8, 4) is 0 Å². The maximum absolute atomic E-state index is 12.8. The zero-order valence-corrected chi connectivity index (χ0v) is 45.4. The molecular weight excluding hydrogens is 828 g/mol. The molecule has 8 nitrogen and oxygen atoms in total. The summed E-state index contributed by atoms with van der Waals surface area (Å²) in [7, 11) is 1.63. The summed E-state index contributed by atoms with van der Waals surface area (Å²) in [6, 6.07) is -0.751. The van der Waals surface area contributed by atoms with Gasteiger partial charge in [0.1, 0.15) is 13.2 Å². The average Bonchev–Trinajstić information content (AvgIpc) is 3.26. The van der Waals surface area contributed by atoms with Crippen molar-refractivity contribution >= 4 is 13.7 Å². The number of hydrogen-bond donors (Lipinski definition) is 3. The number of nitrogens with zero attached hydrogens (tertiary/aromatic N) is 1. The van der Waals surface area contributed by atoms with Crippen molar-refractivity contribution in [2.24, 2.45) is 0 Å². The van der Waals surface area contributed by atoms with E-state index in [1.54, 1.807) is 0 Å². The van der Waals surface area contributed by atoms with Gasteiger partial charge in [-0.2, -0.15) is 0 Å². The molecule has 0 bridgehead atoms. The monoisotopic (exact) mass is 944 g/mol. The molecule has 0 fully saturated rings. The fraction of sp³-hybridized carbons (Fsp3) is 0.982. The summed E-state index contributed by atoms with van der Waals surface area (Å²) < 4.78 is 23.4. The third-order valence-electron chi connectivity index (χ3n) is 13.6. The molecule has 0 saturated carbocycles. The van der Waals surface area contributed by atoms with Crippen LogP contribution in [0.25, 0.3) is 0 Å². The number of phosphoric acid groups is 1. The molecule has 1 amide bonds. The van der Waals surface area contributed by atoms with Crippen LogP contribution in [0.5, 0.6) is 0 Å². The van der Waals surface area contributed by atoms with Gasteiger partial charge in [0.05, 0.1) is 39.9 Å². The highest BCUT2D eigenvalue weighted by atomic mass is 31.2. The van der Waals surface area contributed by atoms with Crippen LogP contribution in [0.15, 0.2) is 0 Å². The van der Waals surface area contributed by atoms with Crippen molar-refractivity contribution in [2.45, 2.75) is 315 Å². The number of phosphoric ester groups is 1. The largest absolute Gasteiger partial charge is 0.472 e. The molecule has 0 aliphatic rings. The van der Waals surface area contributed by atoms with Gasteiger partial charge in [-0.3, -0.25) is 13.8 Å². The maximum atomic E-state index is 12.8. The minimum atomic E-state index is -4.29. The first kappa shape index (κ1) is 64.5. The molecule has 0 aromatic carbocycles. The molecule has 0 aliphatic carbocycles. The van der Waals surface area contributed by atoms with Crippen LogP contribution in [0.1, 0.15) is 303 Å². The fourth-order valence-electron chi connectivity index (χ4n) is 9.05. The summed E-state index contributed by atoms with van der Waals surface area (Å²) >= 11 is 0. The minimum Gasteiger partial charge on any atom is -0.391 e. The van der Waals surface area contributed by atoms with Gasteiger partial charge in [-0.05, 0) is 12.8 Å². The van der Waals surface area contributed by atoms with E-state index < -0.39 is 20.0 Å². The van der Waals surface area contributed by atoms with Crippen LogP contribution >= 0.6 is 7.82 Å². The lowest BCUT2D eigenvalue weighted by Crippen LogP contribution is -2.46. The van der Waals surface area contributed by atoms with Crippen LogP contribution in [-0.4, -0.2) is 73.4 Å². The van der Waals surface area contributed by atoms with E-state index >= 15 is 0 Å². The SMILES string of the molecule is CCCCCCCCCCCCCCCCCCCCCCCCCCCCCCCCCCCCCCCCCC(=O)NC(COP(=O)(O)OCC[N+](C)(C)C)C(O)CCCCCC. The van der Waals surface area contributed by atoms with E-state index in [9.17, 15) is 19.4 Å². The standard InChI is InChI=1S/C56H115N2O6P/c1-6-8-10-12-13-14-15-16-17-18-19-20-21-22-23-24-25-26-27-28-29-30-31-32-33-34-35-36-37-38-39-40-41-42-43-44-45-46-48-50-56(60)57-54(55(59)49-47-11-9-7-2)53-64-65(61,62)63-52-51-58(3,4)5/h54-55,59H,6-53H2,1-5H3,(H-,57,60,61,62)/p+1. The second-order valence-corrected chi connectivity index (χ2v) is 22.8. The molecule has 0 saturated heterocycles. The Kier molecular flexibility index (Phi) is 48.1. The summed E-state index contributed by atoms with van der Waals surface area (Å²) in [5, 5.41) is 13.7. The molecule has 0 spiro atoms. The predicted molar refractivity (Wildman–Crippen MR) is 282 cm³/mol. The number of quaternary nitrogens is 1. The molecule has 9 heteroatoms. The molecule has 0 aromatic heterocycles. The summed E-state index contributed by atoms with van der Waals surface area (Å²) in [6.45, 7) is 4.80. The maximum Gasteiger partial charge on any atom is 0.472 e. The number of aliphatic hydroxyl groups is 1. The summed E-state index contributed by atoms with van der Waals surface area (Å²) in [4.78, 5) is 23.0. The van der Waals surface area contributed by atoms with Crippen LogP contribution in [-0.2, 0) is 18.4 Å². The van der Waals surface area contributed by atoms with Crippen LogP contribution < -0.4 is 5.32 Å². The van der Waals surface area contributed by atoms with E-state index in [2.05, 4.69) is 19.2 Å². The summed E-state index contributed by atoms with van der Waals surface area (Å²) in [5.74, 6) is -0.147. The fourth-order valence-corrected chi connectivity index (χ4v) is 9.79. The van der Waals surface area contributed by atoms with E-state index in [4.69, 9.17) is 9.05 Å². The number of aliphatic hydroxyl groups excluding tert-OH is 1. The van der Waals surface area contributed by atoms with Gasteiger partial charge in [-0.15, -0.1) is 0 Å². The highest BCUT2D eigenvalue weighted by Crippen LogP contribution is 2.43. The zero-order chi connectivity index (χ0) is 47.8. The number of likely N-dealkylation sites (N-methyl/N-ethyl adjacent to an activating group) is 1. The van der Waals surface area contributed by atoms with Crippen molar-refractivity contribution in [1.29, 1.82) is 0 Å². The molecule has 390 valence electrons. The molecule has 3 N–H and O–H groups in total. The van der Waals surface area contributed by atoms with E-state index in [1.807, 2.05) is 21.1 Å². The van der Waals surface area contributed by atoms with E-state index in [1.165, 1.54) is 231 Å². The van der Waals surface area contributed by atoms with Crippen molar-refractivity contribution in [3.05, 3.63) is 0 Å². The number of hydrogen-bond acceptors (Lipinski definition) is 5. The first-order chi connectivity index (χ1) is 31.5. The van der Waals surface area contributed by atoms with Crippen molar-refractivity contribution in [2.75, 3.05) is 40.9 Å². The first-order valence-corrected chi connectivity index (χ1v) is 30.4. The minimum absolute atomic E-state index is 0.0770. The van der Waals surface area contributed by atoms with Gasteiger partial charge in [0.25, 0.3) is 0 Å². The lowest BCUT2D eigenvalue weighted by Gasteiger charge is -2.26. The zero-order valence-electron chi connectivity index (χ0n) is 44.5. The second kappa shape index (κ2) is 48.5. The molecule has 0 aromatic rings. The number of carbonyl (C=O) groups is 1. The lowest BCUT2D eigenvalue weighted by molar-refractivity contribution is -0.870. The molecule has 0 radical (unpaired) electrons. The Bertz CT molecular complexity index is 1030. The number of rotatable bonds is 54. The molecule has 3 unspecified atom stereocenters. The quantitative estimate of drug-likeness (QED) is 0.0319. The molecule has 0 heterocycles. The van der Waals surface area contributed by atoms with Crippen molar-refractivity contribution < 1.29 is 32.9 Å². The highest BCUT2D eigenvalue weighted by molar-refractivity contribution is 7.47. The molecule has 0 aliphatic heterocycles. The predicted octanol–water partition coefficient (Wildman–Crippen LogP) is 17.3. The van der Waals surface area contributed by atoms with E-state index in [-0.39, 0.29) is 19.1 Å². The summed E-state index contributed by atoms with van der Waals surface area (Å²) in [5.41, 5.74) is 0. The third kappa shape index (κ3) is 51.2. The van der Waals surface area contributed by atoms with Crippen molar-refractivity contribution in [3.63, 3.8) is 0 Å². The van der Waals surface area contributed by atoms with E-state index in [0.29, 0.717) is 23.9 Å². The van der Waals surface area contributed by atoms with Crippen molar-refractivity contribution in [1.82, 2.24) is 5.32 Å². The van der Waals surface area contributed by atoms with Crippen LogP contribution in [0, 0.1) is 0 Å². The molecular formula is C56H116N2O6P+. The smallest absolute Gasteiger partial charge is 0.391 e. The van der Waals surface area contributed by atoms with Gasteiger partial charge in [0.2, 0.25) is 5.91 Å². The Morgan fingerprint density at radius 3 is 1.03 bits per heavy atom. The topological polar surface area (TPSA) is 105 Å². The number of carbonyl (C=O) groups excluding carboxylic acids is 1. The van der Waals surface area contributed by atoms with Gasteiger partial charge in [-0.1, -0.05) is 284 Å². The highest BCUT2D eigenvalue weighted by Gasteiger charge is 2.28. The van der Waals surface area contributed by atoms with E-state index in [0.717, 1.165) is 44.9 Å². The Balaban J connectivity index is 3.57. The summed E-state index contributed by atoms with van der Waals surface area (Å²) in [6.07, 6.45) is 58.5. The normalized spacial score (nSPS) is 13.9. The van der Waals surface area contributed by atoms with Gasteiger partial charge in [0, 0.05) is 6.42 Å². The molecule has 3 atom stereocenters. The van der Waals surface area contributed by atoms with Crippen LogP contribution in [0.2, 0.25) is 0 Å². The molecule has 65 heavy (non-hydrogen) atoms.